The number of aryl methyl sites for hydroxylation is 1. The van der Waals surface area contributed by atoms with E-state index in [0.717, 1.165) is 16.9 Å². The molecule has 0 aliphatic heterocycles. The molecule has 0 aliphatic carbocycles. The molecule has 0 amide bonds. The van der Waals surface area contributed by atoms with Crippen molar-refractivity contribution in [2.75, 3.05) is 20.8 Å². The molecule has 0 saturated carbocycles. The summed E-state index contributed by atoms with van der Waals surface area (Å²) in [5.74, 6) is 0.775. The number of rotatable bonds is 5. The van der Waals surface area contributed by atoms with Crippen molar-refractivity contribution in [3.8, 4) is 23.1 Å². The van der Waals surface area contributed by atoms with E-state index >= 15 is 0 Å². The number of nitrogens with zero attached hydrogens (tertiary/aromatic N) is 3. The lowest BCUT2D eigenvalue weighted by molar-refractivity contribution is 0.182. The van der Waals surface area contributed by atoms with E-state index in [1.165, 1.54) is 10.7 Å². The van der Waals surface area contributed by atoms with Gasteiger partial charge in [-0.3, -0.25) is 4.79 Å². The summed E-state index contributed by atoms with van der Waals surface area (Å²) in [4.78, 5) is 12.1. The molecular formula is C16H17N3O3. The van der Waals surface area contributed by atoms with E-state index in [1.54, 1.807) is 14.2 Å². The quantitative estimate of drug-likeness (QED) is 0.840. The molecule has 114 valence electrons. The minimum atomic E-state index is -0.409. The minimum absolute atomic E-state index is 0.0644. The molecule has 22 heavy (non-hydrogen) atoms. The zero-order chi connectivity index (χ0) is 16.1. The average Bonchev–Trinajstić information content (AvgIpc) is 2.53. The van der Waals surface area contributed by atoms with Crippen molar-refractivity contribution in [3.63, 3.8) is 0 Å². The van der Waals surface area contributed by atoms with Crippen molar-refractivity contribution in [1.82, 2.24) is 9.78 Å². The molecule has 1 heterocycles. The first-order chi connectivity index (χ1) is 10.6. The van der Waals surface area contributed by atoms with Crippen LogP contribution in [0.4, 0.5) is 0 Å². The second-order valence-corrected chi connectivity index (χ2v) is 4.76. The fourth-order valence-electron chi connectivity index (χ4n) is 2.13. The molecule has 6 heteroatoms. The second-order valence-electron chi connectivity index (χ2n) is 4.76. The molecule has 0 unspecified atom stereocenters. The van der Waals surface area contributed by atoms with Gasteiger partial charge in [-0.1, -0.05) is 0 Å². The predicted molar refractivity (Wildman–Crippen MR) is 81.8 cm³/mol. The van der Waals surface area contributed by atoms with Crippen LogP contribution in [-0.2, 0) is 11.3 Å². The summed E-state index contributed by atoms with van der Waals surface area (Å²) in [6.07, 6.45) is 0. The molecule has 1 aromatic carbocycles. The first-order valence-corrected chi connectivity index (χ1v) is 6.77. The number of hydrogen-bond acceptors (Lipinski definition) is 5. The van der Waals surface area contributed by atoms with Gasteiger partial charge in [0.15, 0.2) is 0 Å². The smallest absolute Gasteiger partial charge is 0.284 e. The predicted octanol–water partition coefficient (Wildman–Crippen LogP) is 1.75. The summed E-state index contributed by atoms with van der Waals surface area (Å²) < 4.78 is 11.5. The zero-order valence-corrected chi connectivity index (χ0v) is 12.8. The molecule has 0 fully saturated rings. The molecule has 0 bridgehead atoms. The van der Waals surface area contributed by atoms with E-state index in [0.29, 0.717) is 18.8 Å². The average molecular weight is 299 g/mol. The summed E-state index contributed by atoms with van der Waals surface area (Å²) in [6, 6.07) is 9.02. The van der Waals surface area contributed by atoms with Gasteiger partial charge in [0, 0.05) is 12.7 Å². The maximum atomic E-state index is 12.1. The molecule has 0 saturated heterocycles. The van der Waals surface area contributed by atoms with Crippen LogP contribution in [0.5, 0.6) is 5.75 Å². The zero-order valence-electron chi connectivity index (χ0n) is 12.8. The number of ether oxygens (including phenoxy) is 2. The topological polar surface area (TPSA) is 77.1 Å². The van der Waals surface area contributed by atoms with Crippen LogP contribution < -0.4 is 10.3 Å². The molecule has 0 aliphatic rings. The van der Waals surface area contributed by atoms with E-state index in [9.17, 15) is 4.79 Å². The number of nitriles is 1. The first kappa shape index (κ1) is 15.7. The van der Waals surface area contributed by atoms with Crippen molar-refractivity contribution < 1.29 is 9.47 Å². The number of aromatic nitrogens is 2. The van der Waals surface area contributed by atoms with Crippen LogP contribution in [0.25, 0.3) is 11.3 Å². The Morgan fingerprint density at radius 1 is 1.32 bits per heavy atom. The standard InChI is InChI=1S/C16H17N3O3/c1-11-8-12(4-5-15(11)22-3)14-9-13(10-17)16(20)19(18-14)6-7-21-2/h4-5,8-9H,6-7H2,1-3H3. The maximum Gasteiger partial charge on any atom is 0.284 e. The van der Waals surface area contributed by atoms with Gasteiger partial charge in [-0.15, -0.1) is 0 Å². The summed E-state index contributed by atoms with van der Waals surface area (Å²) >= 11 is 0. The van der Waals surface area contributed by atoms with Gasteiger partial charge in [0.1, 0.15) is 17.4 Å². The van der Waals surface area contributed by atoms with E-state index in [1.807, 2.05) is 31.2 Å². The SMILES string of the molecule is COCCn1nc(-c2ccc(OC)c(C)c2)cc(C#N)c1=O. The summed E-state index contributed by atoms with van der Waals surface area (Å²) in [7, 11) is 3.16. The van der Waals surface area contributed by atoms with Gasteiger partial charge in [0.25, 0.3) is 5.56 Å². The monoisotopic (exact) mass is 299 g/mol. The van der Waals surface area contributed by atoms with Crippen LogP contribution in [0, 0.1) is 18.3 Å². The minimum Gasteiger partial charge on any atom is -0.496 e. The molecule has 6 nitrogen and oxygen atoms in total. The van der Waals surface area contributed by atoms with Crippen LogP contribution >= 0.6 is 0 Å². The van der Waals surface area contributed by atoms with Crippen LogP contribution in [-0.4, -0.2) is 30.6 Å². The molecule has 0 radical (unpaired) electrons. The van der Waals surface area contributed by atoms with Gasteiger partial charge in [0.05, 0.1) is 26.0 Å². The number of benzene rings is 1. The Labute approximate surface area is 128 Å². The van der Waals surface area contributed by atoms with Gasteiger partial charge < -0.3 is 9.47 Å². The Morgan fingerprint density at radius 3 is 2.68 bits per heavy atom. The highest BCUT2D eigenvalue weighted by Crippen LogP contribution is 2.24. The molecule has 1 aromatic heterocycles. The lowest BCUT2D eigenvalue weighted by Gasteiger charge is -2.10. The Kier molecular flexibility index (Phi) is 4.92. The van der Waals surface area contributed by atoms with Crippen molar-refractivity contribution in [2.24, 2.45) is 0 Å². The van der Waals surface area contributed by atoms with Crippen molar-refractivity contribution in [3.05, 3.63) is 45.7 Å². The van der Waals surface area contributed by atoms with E-state index in [-0.39, 0.29) is 5.56 Å². The highest BCUT2D eigenvalue weighted by Gasteiger charge is 2.11. The van der Waals surface area contributed by atoms with E-state index in [2.05, 4.69) is 5.10 Å². The third kappa shape index (κ3) is 3.15. The van der Waals surface area contributed by atoms with E-state index < -0.39 is 5.56 Å². The van der Waals surface area contributed by atoms with Gasteiger partial charge in [-0.25, -0.2) is 4.68 Å². The maximum absolute atomic E-state index is 12.1. The highest BCUT2D eigenvalue weighted by molar-refractivity contribution is 5.62. The normalized spacial score (nSPS) is 10.3. The summed E-state index contributed by atoms with van der Waals surface area (Å²) in [5, 5.41) is 13.5. The molecule has 0 atom stereocenters. The Hall–Kier alpha value is -2.65. The second kappa shape index (κ2) is 6.87. The van der Waals surface area contributed by atoms with Gasteiger partial charge in [-0.2, -0.15) is 10.4 Å². The summed E-state index contributed by atoms with van der Waals surface area (Å²) in [5.41, 5.74) is 2.00. The largest absolute Gasteiger partial charge is 0.496 e. The van der Waals surface area contributed by atoms with Crippen LogP contribution in [0.2, 0.25) is 0 Å². The lowest BCUT2D eigenvalue weighted by Crippen LogP contribution is -2.27. The molecular weight excluding hydrogens is 282 g/mol. The first-order valence-electron chi connectivity index (χ1n) is 6.77. The number of hydrogen-bond donors (Lipinski definition) is 0. The highest BCUT2D eigenvalue weighted by atomic mass is 16.5. The van der Waals surface area contributed by atoms with Gasteiger partial charge >= 0.3 is 0 Å². The Balaban J connectivity index is 2.53. The fraction of sp³-hybridized carbons (Fsp3) is 0.312. The van der Waals surface area contributed by atoms with Crippen molar-refractivity contribution in [1.29, 1.82) is 5.26 Å². The Bertz CT molecular complexity index is 775. The summed E-state index contributed by atoms with van der Waals surface area (Å²) in [6.45, 7) is 2.57. The van der Waals surface area contributed by atoms with E-state index in [4.69, 9.17) is 14.7 Å². The molecule has 0 N–H and O–H groups in total. The van der Waals surface area contributed by atoms with Gasteiger partial charge in [-0.05, 0) is 36.8 Å². The molecule has 2 aromatic rings. The van der Waals surface area contributed by atoms with Crippen molar-refractivity contribution >= 4 is 0 Å². The third-order valence-corrected chi connectivity index (χ3v) is 3.29. The fourth-order valence-corrected chi connectivity index (χ4v) is 2.13. The van der Waals surface area contributed by atoms with Crippen LogP contribution in [0.3, 0.4) is 0 Å². The van der Waals surface area contributed by atoms with Crippen LogP contribution in [0.15, 0.2) is 29.1 Å². The number of methoxy groups -OCH3 is 2. The van der Waals surface area contributed by atoms with Gasteiger partial charge in [0.2, 0.25) is 0 Å². The van der Waals surface area contributed by atoms with Crippen molar-refractivity contribution in [2.45, 2.75) is 13.5 Å². The van der Waals surface area contributed by atoms with Crippen LogP contribution in [0.1, 0.15) is 11.1 Å². The third-order valence-electron chi connectivity index (χ3n) is 3.29. The lowest BCUT2D eigenvalue weighted by atomic mass is 10.1. The molecule has 0 spiro atoms. The Morgan fingerprint density at radius 2 is 2.09 bits per heavy atom. The molecule has 2 rings (SSSR count).